The number of aromatic nitrogens is 21. The summed E-state index contributed by atoms with van der Waals surface area (Å²) < 4.78 is 258. The second-order valence-corrected chi connectivity index (χ2v) is 30.3. The predicted molar refractivity (Wildman–Crippen MR) is 472 cm³/mol. The van der Waals surface area contributed by atoms with Gasteiger partial charge in [-0.05, 0) is 104 Å². The number of alkyl carbamates (subject to hydrolysis) is 1. The van der Waals surface area contributed by atoms with E-state index in [0.717, 1.165) is 35.9 Å². The molecule has 60 heteroatoms. The fourth-order valence-electron chi connectivity index (χ4n) is 10.2. The van der Waals surface area contributed by atoms with E-state index in [9.17, 15) is 123 Å². The van der Waals surface area contributed by atoms with Crippen LogP contribution in [0.1, 0.15) is 179 Å². The van der Waals surface area contributed by atoms with E-state index in [1.807, 2.05) is 67.6 Å². The summed E-state index contributed by atoms with van der Waals surface area (Å²) in [5, 5.41) is 37.0. The van der Waals surface area contributed by atoms with E-state index in [2.05, 4.69) is 107 Å². The zero-order valence-corrected chi connectivity index (χ0v) is 79.2. The molecule has 0 saturated carbocycles. The molecule has 792 valence electrons. The van der Waals surface area contributed by atoms with E-state index >= 15 is 0 Å². The highest BCUT2D eigenvalue weighted by molar-refractivity contribution is 6.28. The molecule has 0 fully saturated rings. The van der Waals surface area contributed by atoms with Crippen molar-refractivity contribution < 1.29 is 151 Å². The quantitative estimate of drug-likeness (QED) is 0.00407. The molecule has 0 aliphatic carbocycles. The molecule has 0 spiro atoms. The van der Waals surface area contributed by atoms with Crippen molar-refractivity contribution >= 4 is 59.0 Å². The Morgan fingerprint density at radius 3 is 1.10 bits per heavy atom. The topological polar surface area (TPSA) is 527 Å². The number of rotatable bonds is 28. The molecule has 0 bridgehead atoms. The Kier molecular flexibility index (Phi) is 47.5. The van der Waals surface area contributed by atoms with Gasteiger partial charge in [-0.1, -0.05) is 67.2 Å². The first-order valence-electron chi connectivity index (χ1n) is 42.0. The lowest BCUT2D eigenvalue weighted by molar-refractivity contribution is -0.384. The number of hydrogen-bond acceptors (Lipinski definition) is 36. The lowest BCUT2D eigenvalue weighted by Gasteiger charge is -2.24. The van der Waals surface area contributed by atoms with Gasteiger partial charge in [-0.3, -0.25) is 20.2 Å². The number of nitro groups is 1. The summed E-state index contributed by atoms with van der Waals surface area (Å²) in [5.74, 6) is -2.18. The fraction of sp³-hybridized carbons (Fsp3) is 0.356. The number of aliphatic hydroxyl groups excluding tert-OH is 1. The van der Waals surface area contributed by atoms with Crippen LogP contribution >= 0.6 is 11.6 Å². The van der Waals surface area contributed by atoms with Crippen molar-refractivity contribution in [2.45, 2.75) is 194 Å². The van der Waals surface area contributed by atoms with Crippen molar-refractivity contribution in [2.24, 2.45) is 5.73 Å². The van der Waals surface area contributed by atoms with Crippen LogP contribution in [0.5, 0.6) is 5.75 Å². The second-order valence-electron chi connectivity index (χ2n) is 29.9. The van der Waals surface area contributed by atoms with E-state index in [4.69, 9.17) is 50.5 Å². The Labute approximate surface area is 826 Å². The van der Waals surface area contributed by atoms with Gasteiger partial charge in [-0.2, -0.15) is 94.3 Å². The van der Waals surface area contributed by atoms with E-state index in [0.29, 0.717) is 62.0 Å². The van der Waals surface area contributed by atoms with Gasteiger partial charge in [-0.25, -0.2) is 113 Å². The normalized spacial score (nSPS) is 12.5. The highest BCUT2D eigenvalue weighted by Crippen LogP contribution is 2.35. The van der Waals surface area contributed by atoms with Crippen LogP contribution in [-0.4, -0.2) is 193 Å². The van der Waals surface area contributed by atoms with Crippen LogP contribution in [-0.2, 0) is 99.5 Å². The van der Waals surface area contributed by atoms with E-state index < -0.39 is 154 Å². The number of aliphatic hydroxyl groups is 1. The maximum atomic E-state index is 12.7. The molecule has 0 radical (unpaired) electrons. The average Bonchev–Trinajstić information content (AvgIpc) is 0.971. The number of non-ortho nitro benzene ring substituents is 1. The number of nitro benzene ring substituents is 1. The molecule has 3 aromatic carbocycles. The smallest absolute Gasteiger partial charge is 0.491 e. The Balaban J connectivity index is 0.000000303. The Morgan fingerprint density at radius 2 is 0.776 bits per heavy atom. The summed E-state index contributed by atoms with van der Waals surface area (Å²) in [6, 6.07) is 22.7. The largest absolute Gasteiger partial charge is 0.514 e. The number of nitrogens with one attached hydrogen (secondary N) is 2. The minimum atomic E-state index is -4.57. The molecule has 147 heavy (non-hydrogen) atoms. The molecule has 1 amide bonds. The van der Waals surface area contributed by atoms with Gasteiger partial charge in [0.05, 0.1) is 107 Å². The molecule has 41 nitrogen and oxygen atoms in total. The highest BCUT2D eigenvalue weighted by Gasteiger charge is 2.38. The molecule has 9 aromatic heterocycles. The summed E-state index contributed by atoms with van der Waals surface area (Å²) >= 11 is 5.17. The first kappa shape index (κ1) is 122. The molecule has 0 saturated heterocycles. The number of carbonyl (C=O) groups is 6. The zero-order valence-electron chi connectivity index (χ0n) is 78.5. The maximum absolute atomic E-state index is 12.7. The van der Waals surface area contributed by atoms with Crippen molar-refractivity contribution in [1.29, 1.82) is 0 Å². The van der Waals surface area contributed by atoms with Crippen molar-refractivity contribution in [1.82, 2.24) is 115 Å². The molecule has 0 aliphatic heterocycles. The number of halogens is 19. The number of hydrogen-bond donors (Lipinski definition) is 4. The summed E-state index contributed by atoms with van der Waals surface area (Å²) in [7, 11) is 0. The lowest BCUT2D eigenvalue weighted by Crippen LogP contribution is -2.39. The third-order valence-corrected chi connectivity index (χ3v) is 17.2. The number of esters is 3. The standard InChI is InChI=1S/C20H18F3N3.C16H19F3N6O4.C15H16N4O7.C9H9F3N2O.C8H13N3O3.C7H8F3N3.C7H5F3N2O.C5H2ClF3N2/c1-14(19-24-12-17(13-25-19)20(21,22)23)26-18(15-8-4-2-5-9-15)16-10-6-3-7-11-16;1-9(2)28-14(26)12(6-25-8-20-7-23-25)29-15(27)24-10(3)13-21-4-11(5-22-13)16(17,18)19;1-10(2)24-14(20)13(7-18-9-16-8-17-18)26-15(21)25-12-5-3-11(4-6-12)19(22)23;1-3-15-6(2)8-13-4-7(5-14-8)9(10,11)12;1-6(2)14-8(13)7(12)3-11-5-9-4-10-11;1-4(11)6-12-2-5(3-13-6)7(8,9)10;1-4(13)6-11-2-5(3-12-6)7(8,9)10;6-4-10-1-3(2-11-4)5(7,8)9/h2-14,18,26H,1H3;4-5,7-10,12H,6H2,1-3H3,(H,24,27);3-6,8-10,13H,7H2,1-2H3;4-5H,2-3H2,1H3;4-7,12H,3H2,1-2H3;2-4H,11H2,1H3;2-3H,1H3;1-2H/t;10?,12-;13-;;7-;;;/m.11.1.../s1. The van der Waals surface area contributed by atoms with Gasteiger partial charge >= 0.3 is 67.2 Å². The van der Waals surface area contributed by atoms with Gasteiger partial charge < -0.3 is 49.3 Å². The molecule has 12 aromatic rings. The monoisotopic (exact) mass is 2120 g/mol. The zero-order chi connectivity index (χ0) is 110. The number of ether oxygens (including phenoxy) is 7. The Morgan fingerprint density at radius 1 is 0.449 bits per heavy atom. The van der Waals surface area contributed by atoms with Crippen molar-refractivity contribution in [3.8, 4) is 5.75 Å². The van der Waals surface area contributed by atoms with Crippen LogP contribution in [0.3, 0.4) is 0 Å². The second kappa shape index (κ2) is 57.5. The third-order valence-electron chi connectivity index (χ3n) is 17.0. The molecule has 6 atom stereocenters. The van der Waals surface area contributed by atoms with E-state index in [1.54, 1.807) is 55.4 Å². The van der Waals surface area contributed by atoms with Gasteiger partial charge in [-0.15, -0.1) is 0 Å². The Bertz CT molecular complexity index is 5950. The van der Waals surface area contributed by atoms with Crippen LogP contribution in [0.15, 0.2) is 204 Å². The van der Waals surface area contributed by atoms with Gasteiger partial charge in [0.1, 0.15) is 61.2 Å². The molecule has 0 aliphatic rings. The maximum Gasteiger partial charge on any atom is 0.514 e. The summed E-state index contributed by atoms with van der Waals surface area (Å²) in [6.07, 6.45) is -17.6. The average molecular weight is 2120 g/mol. The summed E-state index contributed by atoms with van der Waals surface area (Å²) in [6.45, 7) is 21.5. The van der Waals surface area contributed by atoms with Crippen LogP contribution in [0.25, 0.3) is 5.76 Å². The van der Waals surface area contributed by atoms with E-state index in [1.165, 1.54) is 90.1 Å². The van der Waals surface area contributed by atoms with E-state index in [-0.39, 0.29) is 83.6 Å². The van der Waals surface area contributed by atoms with Crippen molar-refractivity contribution in [3.63, 3.8) is 0 Å². The Hall–Kier alpha value is -16.0. The first-order valence-corrected chi connectivity index (χ1v) is 42.4. The number of nitrogens with two attached hydrogens (primary N) is 1. The number of benzene rings is 3. The van der Waals surface area contributed by atoms with Crippen molar-refractivity contribution in [3.05, 3.63) is 293 Å². The third kappa shape index (κ3) is 44.8. The van der Waals surface area contributed by atoms with Gasteiger partial charge in [0.25, 0.3) is 5.69 Å². The molecule has 5 N–H and O–H groups in total. The predicted octanol–water partition coefficient (Wildman–Crippen LogP) is 16.0. The van der Waals surface area contributed by atoms with Crippen LogP contribution in [0, 0.1) is 10.1 Å². The van der Waals surface area contributed by atoms with Gasteiger partial charge in [0.15, 0.2) is 29.3 Å². The number of alkyl halides is 18. The number of nitrogens with zero attached hydrogens (tertiary/aromatic N) is 22. The highest BCUT2D eigenvalue weighted by atomic mass is 35.5. The summed E-state index contributed by atoms with van der Waals surface area (Å²) in [5.41, 5.74) is 1.83. The number of carbonyl (C=O) groups excluding carboxylic acids is 6. The van der Waals surface area contributed by atoms with Crippen molar-refractivity contribution in [2.75, 3.05) is 6.61 Å². The molecule has 9 heterocycles. The van der Waals surface area contributed by atoms with Crippen LogP contribution in [0.4, 0.5) is 94.3 Å². The molecule has 3 unspecified atom stereocenters. The van der Waals surface area contributed by atoms with Gasteiger partial charge in [0.2, 0.25) is 17.5 Å². The number of ketones is 1. The summed E-state index contributed by atoms with van der Waals surface area (Å²) in [4.78, 5) is 133. The van der Waals surface area contributed by atoms with Crippen LogP contribution in [0.2, 0.25) is 5.28 Å². The van der Waals surface area contributed by atoms with Gasteiger partial charge in [0, 0.05) is 93.4 Å². The SMILES string of the molecule is C=C(OCC)c1ncc(C(F)(F)F)cn1.CC(=O)c1ncc(C(F)(F)F)cn1.CC(C)OC(=O)[C@@H](Cn1cncn1)OC(=O)NC(C)c1ncc(C(F)(F)F)cn1.CC(C)OC(=O)[C@@H](Cn1cncn1)OC(=O)Oc1ccc([N+](=O)[O-])cc1.CC(C)OC(=O)[C@H](O)Cn1cncn1.CC(N)c1ncc(C(F)(F)F)cn1.CC(NC(c1ccccc1)c1ccccc1)c1ncc(C(F)(F)F)cn1.FC(F)(F)c1cnc(Cl)nc1. The minimum Gasteiger partial charge on any atom is -0.491 e. The first-order chi connectivity index (χ1) is 68.7. The molecule has 12 rings (SSSR count). The minimum absolute atomic E-state index is 0.0253. The lowest BCUT2D eigenvalue weighted by atomic mass is 9.98. The number of amides is 1. The van der Waals surface area contributed by atoms with Crippen LogP contribution < -0.4 is 21.1 Å². The molecular weight excluding hydrogens is 2030 g/mol. The fourth-order valence-corrected chi connectivity index (χ4v) is 10.3. The number of Topliss-reactive ketones (excluding diaryl/α,β-unsaturated/α-hetero) is 1. The molecular formula is C87H90ClF18N25O16.